The molecule has 10 nitrogen and oxygen atoms in total. The summed E-state index contributed by atoms with van der Waals surface area (Å²) in [6.45, 7) is 1.47. The molecule has 0 atom stereocenters. The molecule has 1 fully saturated rings. The minimum atomic E-state index is -0.0586. The van der Waals surface area contributed by atoms with E-state index in [2.05, 4.69) is 30.5 Å². The first kappa shape index (κ1) is 19.6. The molecule has 1 amide bonds. The average Bonchev–Trinajstić information content (AvgIpc) is 3.34. The van der Waals surface area contributed by atoms with Gasteiger partial charge in [-0.25, -0.2) is 9.67 Å². The lowest BCUT2D eigenvalue weighted by Gasteiger charge is -2.31. The molecule has 1 aliphatic heterocycles. The minimum absolute atomic E-state index is 0.00878. The van der Waals surface area contributed by atoms with Crippen LogP contribution in [0.25, 0.3) is 5.82 Å². The number of rotatable bonds is 6. The molecule has 10 heteroatoms. The highest BCUT2D eigenvalue weighted by Gasteiger charge is 2.26. The first-order valence-electron chi connectivity index (χ1n) is 9.64. The molecule has 0 spiro atoms. The normalized spacial score (nSPS) is 14.4. The Hall–Kier alpha value is -3.69. The number of hydrogen-bond donors (Lipinski definition) is 1. The lowest BCUT2D eigenvalue weighted by atomic mass is 9.96. The number of hydrogen-bond acceptors (Lipinski definition) is 8. The van der Waals surface area contributed by atoms with Crippen LogP contribution in [0.5, 0.6) is 11.5 Å². The zero-order valence-corrected chi connectivity index (χ0v) is 16.9. The number of carbonyl (C=O) groups excluding carboxylic acids is 1. The smallest absolute Gasteiger partial charge is 0.227 e. The maximum Gasteiger partial charge on any atom is 0.227 e. The van der Waals surface area contributed by atoms with Crippen molar-refractivity contribution in [2.24, 2.45) is 5.92 Å². The molecule has 0 radical (unpaired) electrons. The maximum absolute atomic E-state index is 12.7. The number of amides is 1. The van der Waals surface area contributed by atoms with Gasteiger partial charge < -0.3 is 19.7 Å². The number of piperidine rings is 1. The molecule has 1 saturated heterocycles. The van der Waals surface area contributed by atoms with E-state index in [9.17, 15) is 4.79 Å². The molecule has 1 aromatic carbocycles. The maximum atomic E-state index is 12.7. The van der Waals surface area contributed by atoms with Gasteiger partial charge >= 0.3 is 0 Å². The van der Waals surface area contributed by atoms with E-state index in [1.165, 1.54) is 6.33 Å². The number of nitrogens with one attached hydrogen (secondary N) is 1. The fraction of sp³-hybridized carbons (Fsp3) is 0.350. The Balaban J connectivity index is 1.33. The molecule has 0 saturated carbocycles. The number of benzene rings is 1. The minimum Gasteiger partial charge on any atom is -0.493 e. The summed E-state index contributed by atoms with van der Waals surface area (Å²) in [7, 11) is 3.15. The van der Waals surface area contributed by atoms with Gasteiger partial charge in [-0.15, -0.1) is 10.2 Å². The van der Waals surface area contributed by atoms with Crippen LogP contribution in [-0.4, -0.2) is 58.2 Å². The topological polar surface area (TPSA) is 107 Å². The monoisotopic (exact) mass is 409 g/mol. The van der Waals surface area contributed by atoms with Gasteiger partial charge in [0.2, 0.25) is 5.91 Å². The van der Waals surface area contributed by atoms with Crippen molar-refractivity contribution in [1.29, 1.82) is 0 Å². The number of ether oxygens (including phenoxy) is 2. The van der Waals surface area contributed by atoms with Crippen molar-refractivity contribution in [1.82, 2.24) is 25.0 Å². The number of carbonyl (C=O) groups is 1. The molecule has 30 heavy (non-hydrogen) atoms. The molecule has 0 bridgehead atoms. The fourth-order valence-electron chi connectivity index (χ4n) is 3.46. The molecular weight excluding hydrogens is 386 g/mol. The predicted molar refractivity (Wildman–Crippen MR) is 110 cm³/mol. The number of methoxy groups -OCH3 is 2. The van der Waals surface area contributed by atoms with Crippen LogP contribution in [0, 0.1) is 5.92 Å². The Morgan fingerprint density at radius 1 is 1.03 bits per heavy atom. The molecule has 1 aliphatic rings. The van der Waals surface area contributed by atoms with Crippen LogP contribution in [0.15, 0.2) is 43.0 Å². The fourth-order valence-corrected chi connectivity index (χ4v) is 3.46. The van der Waals surface area contributed by atoms with Gasteiger partial charge in [0.15, 0.2) is 23.1 Å². The SMILES string of the molecule is COc1ccc(NC(=O)C2CCN(c3ccc(-n4cncn4)nn3)CC2)cc1OC. The average molecular weight is 409 g/mol. The van der Waals surface area contributed by atoms with Crippen LogP contribution in [0.1, 0.15) is 12.8 Å². The third kappa shape index (κ3) is 4.17. The third-order valence-electron chi connectivity index (χ3n) is 5.13. The Bertz CT molecular complexity index is 984. The first-order valence-corrected chi connectivity index (χ1v) is 9.64. The van der Waals surface area contributed by atoms with Crippen LogP contribution < -0.4 is 19.7 Å². The van der Waals surface area contributed by atoms with E-state index in [0.717, 1.165) is 31.7 Å². The van der Waals surface area contributed by atoms with Gasteiger partial charge in [0.1, 0.15) is 12.7 Å². The van der Waals surface area contributed by atoms with Crippen molar-refractivity contribution in [3.63, 3.8) is 0 Å². The molecule has 1 N–H and O–H groups in total. The Morgan fingerprint density at radius 2 is 1.77 bits per heavy atom. The quantitative estimate of drug-likeness (QED) is 0.658. The van der Waals surface area contributed by atoms with Crippen LogP contribution >= 0.6 is 0 Å². The largest absolute Gasteiger partial charge is 0.493 e. The van der Waals surface area contributed by atoms with Crippen LogP contribution in [0.2, 0.25) is 0 Å². The molecule has 156 valence electrons. The van der Waals surface area contributed by atoms with Crippen LogP contribution in [0.4, 0.5) is 11.5 Å². The van der Waals surface area contributed by atoms with Gasteiger partial charge in [-0.3, -0.25) is 4.79 Å². The van der Waals surface area contributed by atoms with E-state index < -0.39 is 0 Å². The predicted octanol–water partition coefficient (Wildman–Crippen LogP) is 1.93. The lowest BCUT2D eigenvalue weighted by molar-refractivity contribution is -0.120. The van der Waals surface area contributed by atoms with Gasteiger partial charge in [0, 0.05) is 30.8 Å². The van der Waals surface area contributed by atoms with Gasteiger partial charge in [-0.1, -0.05) is 0 Å². The molecule has 2 aromatic heterocycles. The van der Waals surface area contributed by atoms with Crippen molar-refractivity contribution in [2.75, 3.05) is 37.5 Å². The standard InChI is InChI=1S/C20H23N7O3/c1-29-16-4-3-15(11-17(16)30-2)23-20(28)14-7-9-26(10-8-14)18-5-6-19(25-24-18)27-13-21-12-22-27/h3-6,11-14H,7-10H2,1-2H3,(H,23,28). The molecule has 0 unspecified atom stereocenters. The van der Waals surface area contributed by atoms with E-state index in [0.29, 0.717) is 23.0 Å². The highest BCUT2D eigenvalue weighted by Crippen LogP contribution is 2.30. The summed E-state index contributed by atoms with van der Waals surface area (Å²) in [4.78, 5) is 18.7. The number of anilines is 2. The number of nitrogens with zero attached hydrogens (tertiary/aromatic N) is 6. The van der Waals surface area contributed by atoms with Gasteiger partial charge in [0.05, 0.1) is 14.2 Å². The van der Waals surface area contributed by atoms with Crippen molar-refractivity contribution in [3.8, 4) is 17.3 Å². The zero-order valence-electron chi connectivity index (χ0n) is 16.9. The summed E-state index contributed by atoms with van der Waals surface area (Å²) in [6.07, 6.45) is 4.51. The van der Waals surface area contributed by atoms with E-state index in [-0.39, 0.29) is 11.8 Å². The molecule has 0 aliphatic carbocycles. The second-order valence-electron chi connectivity index (χ2n) is 6.91. The molecule has 3 aromatic rings. The highest BCUT2D eigenvalue weighted by atomic mass is 16.5. The van der Waals surface area contributed by atoms with E-state index in [1.54, 1.807) is 43.4 Å². The van der Waals surface area contributed by atoms with E-state index in [4.69, 9.17) is 9.47 Å². The van der Waals surface area contributed by atoms with Crippen molar-refractivity contribution >= 4 is 17.4 Å². The van der Waals surface area contributed by atoms with E-state index in [1.807, 2.05) is 12.1 Å². The van der Waals surface area contributed by atoms with Crippen LogP contribution in [-0.2, 0) is 4.79 Å². The number of aromatic nitrogens is 5. The first-order chi connectivity index (χ1) is 14.7. The Morgan fingerprint density at radius 3 is 2.40 bits per heavy atom. The Kier molecular flexibility index (Phi) is 5.73. The van der Waals surface area contributed by atoms with Gasteiger partial charge in [-0.2, -0.15) is 5.10 Å². The molecule has 4 rings (SSSR count). The summed E-state index contributed by atoms with van der Waals surface area (Å²) >= 11 is 0. The van der Waals surface area contributed by atoms with Crippen molar-refractivity contribution in [2.45, 2.75) is 12.8 Å². The molecular formula is C20H23N7O3. The summed E-state index contributed by atoms with van der Waals surface area (Å²) < 4.78 is 12.1. The van der Waals surface area contributed by atoms with Crippen LogP contribution in [0.3, 0.4) is 0 Å². The molecule has 3 heterocycles. The van der Waals surface area contributed by atoms with Gasteiger partial charge in [0.25, 0.3) is 0 Å². The summed E-state index contributed by atoms with van der Waals surface area (Å²) in [5, 5.41) is 15.5. The summed E-state index contributed by atoms with van der Waals surface area (Å²) in [5.74, 6) is 2.56. The second-order valence-corrected chi connectivity index (χ2v) is 6.91. The Labute approximate surface area is 173 Å². The van der Waals surface area contributed by atoms with Crippen molar-refractivity contribution < 1.29 is 14.3 Å². The van der Waals surface area contributed by atoms with E-state index >= 15 is 0 Å². The summed E-state index contributed by atoms with van der Waals surface area (Å²) in [5.41, 5.74) is 0.689. The van der Waals surface area contributed by atoms with Gasteiger partial charge in [-0.05, 0) is 37.1 Å². The third-order valence-corrected chi connectivity index (χ3v) is 5.13. The summed E-state index contributed by atoms with van der Waals surface area (Å²) in [6, 6.07) is 9.11. The zero-order chi connectivity index (χ0) is 20.9. The highest BCUT2D eigenvalue weighted by molar-refractivity contribution is 5.93. The lowest BCUT2D eigenvalue weighted by Crippen LogP contribution is -2.38. The van der Waals surface area contributed by atoms with Crippen molar-refractivity contribution in [3.05, 3.63) is 43.0 Å². The second kappa shape index (κ2) is 8.76.